The molecule has 3 fully saturated rings. The summed E-state index contributed by atoms with van der Waals surface area (Å²) >= 11 is 0. The Hall–Kier alpha value is -11.4. The van der Waals surface area contributed by atoms with Crippen LogP contribution in [-0.2, 0) is 94.2 Å². The predicted octanol–water partition coefficient (Wildman–Crippen LogP) is 14.2. The lowest BCUT2D eigenvalue weighted by Crippen LogP contribution is -2.39. The summed E-state index contributed by atoms with van der Waals surface area (Å²) in [4.78, 5) is 86.5. The molecule has 6 aromatic carbocycles. The van der Waals surface area contributed by atoms with Gasteiger partial charge in [-0.2, -0.15) is 0 Å². The van der Waals surface area contributed by atoms with Crippen molar-refractivity contribution in [1.29, 1.82) is 0 Å². The van der Waals surface area contributed by atoms with Gasteiger partial charge in [0.15, 0.2) is 0 Å². The van der Waals surface area contributed by atoms with Crippen molar-refractivity contribution in [3.8, 4) is 34.3 Å². The molecule has 6 aromatic heterocycles. The Labute approximate surface area is 640 Å². The van der Waals surface area contributed by atoms with Crippen LogP contribution in [0.3, 0.4) is 0 Å². The molecule has 19 heteroatoms. The van der Waals surface area contributed by atoms with Gasteiger partial charge in [0.25, 0.3) is 16.7 Å². The molecule has 0 N–H and O–H groups in total. The van der Waals surface area contributed by atoms with Gasteiger partial charge in [-0.3, -0.25) is 42.5 Å². The number of pyridine rings is 3. The van der Waals surface area contributed by atoms with Gasteiger partial charge in [-0.15, -0.1) is 0 Å². The summed E-state index contributed by atoms with van der Waals surface area (Å²) in [5, 5.41) is 3.48. The fourth-order valence-corrected chi connectivity index (χ4v) is 17.5. The number of rotatable bonds is 17. The molecule has 12 aromatic rings. The summed E-state index contributed by atoms with van der Waals surface area (Å²) in [5.74, 6) is 2.99. The summed E-state index contributed by atoms with van der Waals surface area (Å²) in [6.45, 7) is 8.69. The minimum Gasteiger partial charge on any atom is -0.489 e. The van der Waals surface area contributed by atoms with Crippen LogP contribution in [0, 0.1) is 11.8 Å². The van der Waals surface area contributed by atoms with Crippen molar-refractivity contribution < 1.29 is 28.6 Å². The molecular weight excluding hydrogens is 1380 g/mol. The Morgan fingerprint density at radius 1 is 0.373 bits per heavy atom. The van der Waals surface area contributed by atoms with Crippen molar-refractivity contribution in [3.05, 3.63) is 282 Å². The lowest BCUT2D eigenvalue weighted by Gasteiger charge is -2.30. The van der Waals surface area contributed by atoms with Crippen LogP contribution in [0.4, 0.5) is 0 Å². The molecule has 0 spiro atoms. The first-order chi connectivity index (χ1) is 53.7. The zero-order valence-electron chi connectivity index (χ0n) is 63.2. The summed E-state index contributed by atoms with van der Waals surface area (Å²) < 4.78 is 29.1. The van der Waals surface area contributed by atoms with E-state index in [9.17, 15) is 28.8 Å². The number of aryl methyl sites for hydroxylation is 3. The van der Waals surface area contributed by atoms with Crippen LogP contribution in [0.5, 0.6) is 17.2 Å². The summed E-state index contributed by atoms with van der Waals surface area (Å²) in [7, 11) is 6.25. The second-order valence-corrected chi connectivity index (χ2v) is 30.4. The van der Waals surface area contributed by atoms with E-state index >= 15 is 0 Å². The van der Waals surface area contributed by atoms with Crippen LogP contribution in [0.25, 0.3) is 49.8 Å². The van der Waals surface area contributed by atoms with E-state index in [0.717, 1.165) is 151 Å². The normalized spacial score (nSPS) is 15.8. The highest BCUT2D eigenvalue weighted by atomic mass is 16.5. The van der Waals surface area contributed by atoms with Crippen LogP contribution in [0.15, 0.2) is 215 Å². The minimum absolute atomic E-state index is 0.132. The molecule has 0 bridgehead atoms. The second kappa shape index (κ2) is 32.4. The number of likely N-dealkylation sites (tertiary alicyclic amines) is 1. The Morgan fingerprint density at radius 3 is 1.04 bits per heavy atom. The number of hydrogen-bond acceptors (Lipinski definition) is 10. The monoisotopic (exact) mass is 1470 g/mol. The van der Waals surface area contributed by atoms with E-state index in [1.807, 2.05) is 132 Å². The number of nitrogens with zero attached hydrogens (tertiary/aromatic N) is 10. The maximum Gasteiger partial charge on any atom is 0.258 e. The molecule has 4 aliphatic heterocycles. The van der Waals surface area contributed by atoms with Gasteiger partial charge in [0.05, 0.1) is 33.6 Å². The quantitative estimate of drug-likeness (QED) is 0.0854. The minimum atomic E-state index is -0.136. The van der Waals surface area contributed by atoms with Crippen LogP contribution in [0.2, 0.25) is 0 Å². The van der Waals surface area contributed by atoms with Crippen molar-refractivity contribution in [1.82, 2.24) is 47.0 Å². The molecule has 564 valence electrons. The molecule has 0 radical (unpaired) electrons. The molecule has 1 saturated heterocycles. The van der Waals surface area contributed by atoms with Gasteiger partial charge in [0.2, 0.25) is 17.7 Å². The molecule has 18 rings (SSSR count). The lowest BCUT2D eigenvalue weighted by molar-refractivity contribution is -0.137. The highest BCUT2D eigenvalue weighted by Crippen LogP contribution is 2.38. The molecule has 2 aliphatic carbocycles. The average Bonchev–Trinajstić information content (AvgIpc) is 1.61. The number of fused-ring (bicyclic) bond motifs is 9. The zero-order chi connectivity index (χ0) is 75.4. The Kier molecular flexibility index (Phi) is 21.4. The lowest BCUT2D eigenvalue weighted by atomic mass is 10.0. The van der Waals surface area contributed by atoms with E-state index in [-0.39, 0.29) is 34.4 Å². The molecule has 2 saturated carbocycles. The number of ether oxygens (including phenoxy) is 3. The van der Waals surface area contributed by atoms with Gasteiger partial charge in [0, 0.05) is 191 Å². The fourth-order valence-electron chi connectivity index (χ4n) is 17.5. The highest BCUT2D eigenvalue weighted by molar-refractivity contribution is 5.91. The third-order valence-corrected chi connectivity index (χ3v) is 23.6. The number of amides is 3. The molecule has 0 unspecified atom stereocenters. The van der Waals surface area contributed by atoms with E-state index in [0.29, 0.717) is 74.9 Å². The van der Waals surface area contributed by atoms with Crippen molar-refractivity contribution in [2.75, 3.05) is 39.3 Å². The third-order valence-electron chi connectivity index (χ3n) is 23.6. The Balaban J connectivity index is 0.000000125. The fraction of sp³-hybridized carbons (Fsp3) is 0.341. The Morgan fingerprint density at radius 2 is 0.700 bits per heavy atom. The van der Waals surface area contributed by atoms with E-state index in [4.69, 9.17) is 14.2 Å². The van der Waals surface area contributed by atoms with E-state index in [1.165, 1.54) is 90.5 Å². The van der Waals surface area contributed by atoms with Gasteiger partial charge in [-0.05, 0) is 123 Å². The number of carbonyl (C=O) groups is 3. The maximum absolute atomic E-state index is 13.1. The van der Waals surface area contributed by atoms with Crippen molar-refractivity contribution in [2.45, 2.75) is 129 Å². The first-order valence-corrected chi connectivity index (χ1v) is 39.3. The SMILES string of the molecule is Cn1c2c(c3ccc(-n4ccc(OCc5ccccc5)cc4=O)cc31)CN(C(=O)C1CCCC1)CC2.Cn1c2c(c3ccc(-n4ccc(OCc5ccccc5)cc4=O)cc31)CN(C(=O)C1CCCC1)CC2.Cn1c2c(c3ccc(-n4ccc(OCc5ccccc5)cc4=O)cc31)CN(C(=O)CCN1CCCC1)CC2. The number of benzene rings is 6. The van der Waals surface area contributed by atoms with Crippen molar-refractivity contribution in [3.63, 3.8) is 0 Å². The summed E-state index contributed by atoms with van der Waals surface area (Å²) in [5.41, 5.74) is 16.0. The van der Waals surface area contributed by atoms with Crippen LogP contribution < -0.4 is 30.9 Å². The van der Waals surface area contributed by atoms with Crippen molar-refractivity contribution in [2.24, 2.45) is 33.0 Å². The standard InChI is InChI=1S/C31H34N4O3.2C30H31N3O3/c1-32-28-12-17-34(30(36)13-16-33-14-5-6-15-33)21-27(28)26-10-9-24(19-29(26)32)35-18-11-25(20-31(35)37)38-22-23-7-3-2-4-8-23;2*1-31-27-14-15-32(30(35)22-9-5-6-10-22)19-26(27)25-12-11-23(17-28(25)31)33-16-13-24(18-29(33)34)36-20-21-7-3-2-4-8-21/h2-4,7-11,18-20H,5-6,12-17,21-22H2,1H3;2*2-4,7-8,11-13,16-18,22H,5-6,9-10,14-15,19-20H2,1H3. The van der Waals surface area contributed by atoms with Crippen LogP contribution >= 0.6 is 0 Å². The number of hydrogen-bond donors (Lipinski definition) is 0. The first-order valence-electron chi connectivity index (χ1n) is 39.3. The van der Waals surface area contributed by atoms with E-state index in [1.54, 1.807) is 32.3 Å². The molecular formula is C91H96N10O9. The zero-order valence-corrected chi connectivity index (χ0v) is 63.2. The van der Waals surface area contributed by atoms with Gasteiger partial charge < -0.3 is 47.5 Å². The average molecular weight is 1470 g/mol. The molecule has 10 heterocycles. The number of carbonyl (C=O) groups excluding carboxylic acids is 3. The van der Waals surface area contributed by atoms with E-state index < -0.39 is 0 Å². The summed E-state index contributed by atoms with van der Waals surface area (Å²) in [6.07, 6.45) is 19.8. The van der Waals surface area contributed by atoms with Crippen LogP contribution in [-0.4, -0.2) is 104 Å². The Bertz CT molecular complexity index is 5330. The van der Waals surface area contributed by atoms with E-state index in [2.05, 4.69) is 85.9 Å². The maximum atomic E-state index is 13.1. The molecule has 3 amide bonds. The topological polar surface area (TPSA) is 173 Å². The summed E-state index contributed by atoms with van der Waals surface area (Å²) in [6, 6.07) is 58.3. The molecule has 110 heavy (non-hydrogen) atoms. The van der Waals surface area contributed by atoms with Gasteiger partial charge in [-0.25, -0.2) is 0 Å². The van der Waals surface area contributed by atoms with Gasteiger partial charge in [-0.1, -0.05) is 135 Å². The van der Waals surface area contributed by atoms with Crippen LogP contribution in [0.1, 0.15) is 121 Å². The third kappa shape index (κ3) is 15.5. The van der Waals surface area contributed by atoms with Crippen molar-refractivity contribution >= 4 is 50.4 Å². The predicted molar refractivity (Wildman–Crippen MR) is 429 cm³/mol. The first kappa shape index (κ1) is 72.7. The highest BCUT2D eigenvalue weighted by Gasteiger charge is 2.34. The van der Waals surface area contributed by atoms with Gasteiger partial charge in [0.1, 0.15) is 37.1 Å². The largest absolute Gasteiger partial charge is 0.489 e. The van der Waals surface area contributed by atoms with Gasteiger partial charge >= 0.3 is 0 Å². The molecule has 19 nitrogen and oxygen atoms in total. The molecule has 0 atom stereocenters. The number of aromatic nitrogens is 6. The second-order valence-electron chi connectivity index (χ2n) is 30.4. The smallest absolute Gasteiger partial charge is 0.258 e. The molecule has 6 aliphatic rings.